The minimum Gasteiger partial charge on any atom is -0.472 e. The number of furan rings is 1. The number of carbonyl (C=O) groups excluding carboxylic acids is 1. The number of nitrogens with zero attached hydrogens (tertiary/aromatic N) is 3. The van der Waals surface area contributed by atoms with Crippen molar-refractivity contribution in [1.29, 1.82) is 0 Å². The maximum Gasteiger partial charge on any atom is 0.251 e. The number of carbonyl (C=O) groups is 1. The number of amides is 1. The van der Waals surface area contributed by atoms with Crippen molar-refractivity contribution in [3.8, 4) is 22.6 Å². The molecule has 2 aromatic carbocycles. The molecule has 0 fully saturated rings. The molecule has 5 rings (SSSR count). The first-order valence-electron chi connectivity index (χ1n) is 9.35. The summed E-state index contributed by atoms with van der Waals surface area (Å²) in [5.41, 5.74) is 4.25. The smallest absolute Gasteiger partial charge is 0.251 e. The van der Waals surface area contributed by atoms with E-state index in [4.69, 9.17) is 8.94 Å². The van der Waals surface area contributed by atoms with Crippen molar-refractivity contribution < 1.29 is 13.7 Å². The monoisotopic (exact) mass is 396 g/mol. The fraction of sp³-hybridized carbons (Fsp3) is 0.0435. The predicted molar refractivity (Wildman–Crippen MR) is 110 cm³/mol. The van der Waals surface area contributed by atoms with Gasteiger partial charge in [-0.3, -0.25) is 14.8 Å². The lowest BCUT2D eigenvalue weighted by Crippen LogP contribution is -2.23. The molecule has 0 aliphatic heterocycles. The summed E-state index contributed by atoms with van der Waals surface area (Å²) in [5.74, 6) is 0.414. The highest BCUT2D eigenvalue weighted by atomic mass is 16.5. The Morgan fingerprint density at radius 2 is 1.83 bits per heavy atom. The van der Waals surface area contributed by atoms with Crippen molar-refractivity contribution in [1.82, 2.24) is 20.4 Å². The van der Waals surface area contributed by atoms with Crippen LogP contribution in [0.1, 0.15) is 16.1 Å². The van der Waals surface area contributed by atoms with E-state index in [-0.39, 0.29) is 12.5 Å². The summed E-state index contributed by atoms with van der Waals surface area (Å²) in [4.78, 5) is 21.5. The summed E-state index contributed by atoms with van der Waals surface area (Å²) >= 11 is 0. The fourth-order valence-electron chi connectivity index (χ4n) is 3.28. The normalized spacial score (nSPS) is 10.9. The molecule has 0 atom stereocenters. The third-order valence-electron chi connectivity index (χ3n) is 4.76. The molecule has 1 N–H and O–H groups in total. The van der Waals surface area contributed by atoms with E-state index in [2.05, 4.69) is 20.4 Å². The van der Waals surface area contributed by atoms with Crippen molar-refractivity contribution in [2.45, 2.75) is 6.54 Å². The van der Waals surface area contributed by atoms with E-state index in [0.717, 1.165) is 16.5 Å². The molecule has 0 radical (unpaired) electrons. The third-order valence-corrected chi connectivity index (χ3v) is 4.76. The van der Waals surface area contributed by atoms with Gasteiger partial charge in [0.15, 0.2) is 5.76 Å². The molecule has 0 bridgehead atoms. The Hall–Kier alpha value is -4.26. The van der Waals surface area contributed by atoms with E-state index in [1.807, 2.05) is 30.3 Å². The highest BCUT2D eigenvalue weighted by molar-refractivity contribution is 6.01. The average molecular weight is 396 g/mol. The number of rotatable bonds is 5. The first-order chi connectivity index (χ1) is 14.8. The summed E-state index contributed by atoms with van der Waals surface area (Å²) in [6.07, 6.45) is 6.38. The van der Waals surface area contributed by atoms with Gasteiger partial charge in [-0.05, 0) is 24.3 Å². The molecule has 0 unspecified atom stereocenters. The number of hydrogen-bond donors (Lipinski definition) is 1. The van der Waals surface area contributed by atoms with Crippen LogP contribution in [0.5, 0.6) is 0 Å². The molecule has 3 heterocycles. The highest BCUT2D eigenvalue weighted by Crippen LogP contribution is 2.29. The van der Waals surface area contributed by atoms with Gasteiger partial charge in [-0.1, -0.05) is 35.5 Å². The van der Waals surface area contributed by atoms with Gasteiger partial charge in [-0.15, -0.1) is 0 Å². The lowest BCUT2D eigenvalue weighted by Gasteiger charge is -2.08. The summed E-state index contributed by atoms with van der Waals surface area (Å²) in [6.45, 7) is 0.237. The molecule has 30 heavy (non-hydrogen) atoms. The zero-order valence-corrected chi connectivity index (χ0v) is 15.8. The van der Waals surface area contributed by atoms with Gasteiger partial charge in [0.05, 0.1) is 35.8 Å². The third kappa shape index (κ3) is 3.33. The molecular weight excluding hydrogens is 380 g/mol. The molecule has 7 nitrogen and oxygen atoms in total. The van der Waals surface area contributed by atoms with Gasteiger partial charge in [0.1, 0.15) is 5.52 Å². The lowest BCUT2D eigenvalue weighted by molar-refractivity contribution is 0.0950. The maximum absolute atomic E-state index is 12.8. The van der Waals surface area contributed by atoms with E-state index in [9.17, 15) is 4.79 Å². The van der Waals surface area contributed by atoms with Crippen LogP contribution in [0.3, 0.4) is 0 Å². The Morgan fingerprint density at radius 3 is 2.67 bits per heavy atom. The Bertz CT molecular complexity index is 1310. The van der Waals surface area contributed by atoms with Gasteiger partial charge >= 0.3 is 0 Å². The minimum absolute atomic E-state index is 0.221. The van der Waals surface area contributed by atoms with Crippen LogP contribution in [0.15, 0.2) is 88.5 Å². The van der Waals surface area contributed by atoms with Crippen LogP contribution < -0.4 is 5.32 Å². The van der Waals surface area contributed by atoms with Crippen LogP contribution >= 0.6 is 0 Å². The van der Waals surface area contributed by atoms with E-state index in [0.29, 0.717) is 28.2 Å². The van der Waals surface area contributed by atoms with Crippen molar-refractivity contribution in [3.05, 3.63) is 90.8 Å². The van der Waals surface area contributed by atoms with Crippen LogP contribution in [0.25, 0.3) is 33.5 Å². The van der Waals surface area contributed by atoms with Crippen LogP contribution in [-0.2, 0) is 6.54 Å². The number of benzene rings is 2. The summed E-state index contributed by atoms with van der Waals surface area (Å²) < 4.78 is 10.6. The Balaban J connectivity index is 1.40. The topological polar surface area (TPSA) is 94.1 Å². The fourth-order valence-corrected chi connectivity index (χ4v) is 3.28. The van der Waals surface area contributed by atoms with E-state index >= 15 is 0 Å². The van der Waals surface area contributed by atoms with E-state index in [1.54, 1.807) is 49.2 Å². The predicted octanol–water partition coefficient (Wildman–Crippen LogP) is 4.47. The maximum atomic E-state index is 12.8. The standard InChI is InChI=1S/C23H16N4O3/c28-23(26-13-20-21(25-10-9-24-20)17-8-11-29-14-17)16-6-7-19-18(12-16)22(30-27-19)15-4-2-1-3-5-15/h1-12,14H,13H2,(H,26,28). The molecule has 1 amide bonds. The second kappa shape index (κ2) is 7.63. The average Bonchev–Trinajstić information content (AvgIpc) is 3.48. The molecular formula is C23H16N4O3. The molecule has 0 spiro atoms. The summed E-state index contributed by atoms with van der Waals surface area (Å²) in [6, 6.07) is 16.8. The van der Waals surface area contributed by atoms with Crippen LogP contribution in [0.2, 0.25) is 0 Å². The van der Waals surface area contributed by atoms with Crippen molar-refractivity contribution >= 4 is 16.8 Å². The Kier molecular flexibility index (Phi) is 4.53. The van der Waals surface area contributed by atoms with Gasteiger partial charge in [0.2, 0.25) is 0 Å². The van der Waals surface area contributed by atoms with Gasteiger partial charge in [0, 0.05) is 29.1 Å². The second-order valence-electron chi connectivity index (χ2n) is 6.66. The first-order valence-corrected chi connectivity index (χ1v) is 9.35. The molecule has 5 aromatic rings. The number of hydrogen-bond acceptors (Lipinski definition) is 6. The first kappa shape index (κ1) is 17.8. The molecule has 3 aromatic heterocycles. The molecule has 0 aliphatic rings. The lowest BCUT2D eigenvalue weighted by atomic mass is 10.1. The number of nitrogens with one attached hydrogen (secondary N) is 1. The summed E-state index contributed by atoms with van der Waals surface area (Å²) in [5, 5.41) is 7.79. The zero-order valence-electron chi connectivity index (χ0n) is 15.8. The Labute approximate surface area is 171 Å². The van der Waals surface area contributed by atoms with Crippen LogP contribution in [0.4, 0.5) is 0 Å². The van der Waals surface area contributed by atoms with Crippen molar-refractivity contribution in [2.75, 3.05) is 0 Å². The number of aromatic nitrogens is 3. The van der Waals surface area contributed by atoms with Gasteiger partial charge in [-0.25, -0.2) is 0 Å². The summed E-state index contributed by atoms with van der Waals surface area (Å²) in [7, 11) is 0. The SMILES string of the molecule is O=C(NCc1nccnc1-c1ccoc1)c1ccc2noc(-c3ccccc3)c2c1. The molecule has 7 heteroatoms. The van der Waals surface area contributed by atoms with Gasteiger partial charge in [0.25, 0.3) is 5.91 Å². The van der Waals surface area contributed by atoms with E-state index < -0.39 is 0 Å². The Morgan fingerprint density at radius 1 is 0.967 bits per heavy atom. The molecule has 0 saturated carbocycles. The van der Waals surface area contributed by atoms with Gasteiger partial charge in [-0.2, -0.15) is 0 Å². The van der Waals surface area contributed by atoms with Gasteiger partial charge < -0.3 is 14.3 Å². The van der Waals surface area contributed by atoms with Crippen molar-refractivity contribution in [3.63, 3.8) is 0 Å². The largest absolute Gasteiger partial charge is 0.472 e. The van der Waals surface area contributed by atoms with Crippen molar-refractivity contribution in [2.24, 2.45) is 0 Å². The van der Waals surface area contributed by atoms with E-state index in [1.165, 1.54) is 0 Å². The molecule has 0 aliphatic carbocycles. The molecule has 0 saturated heterocycles. The second-order valence-corrected chi connectivity index (χ2v) is 6.66. The minimum atomic E-state index is -0.221. The zero-order chi connectivity index (χ0) is 20.3. The quantitative estimate of drug-likeness (QED) is 0.471. The van der Waals surface area contributed by atoms with Crippen LogP contribution in [-0.4, -0.2) is 21.0 Å². The van der Waals surface area contributed by atoms with Crippen LogP contribution in [0, 0.1) is 0 Å². The number of fused-ring (bicyclic) bond motifs is 1. The highest BCUT2D eigenvalue weighted by Gasteiger charge is 2.15. The molecule has 146 valence electrons.